The minimum absolute atomic E-state index is 0.0224. The number of rotatable bonds is 5. The van der Waals surface area contributed by atoms with E-state index < -0.39 is 0 Å². The number of anilines is 2. The Morgan fingerprint density at radius 3 is 2.70 bits per heavy atom. The minimum Gasteiger partial charge on any atom is -0.376 e. The molecule has 0 bridgehead atoms. The second-order valence-corrected chi connectivity index (χ2v) is 8.85. The van der Waals surface area contributed by atoms with Crippen molar-refractivity contribution in [2.24, 2.45) is 5.10 Å². The normalized spacial score (nSPS) is 17.7. The number of carbonyl (C=O) groups is 1. The number of hydrogen-bond acceptors (Lipinski definition) is 4. The van der Waals surface area contributed by atoms with Gasteiger partial charge < -0.3 is 10.2 Å². The summed E-state index contributed by atoms with van der Waals surface area (Å²) in [4.78, 5) is 14.2. The number of amides is 1. The topological polar surface area (TPSA) is 56.7 Å². The number of aryl methyl sites for hydroxylation is 2. The van der Waals surface area contributed by atoms with Gasteiger partial charge in [0, 0.05) is 29.5 Å². The van der Waals surface area contributed by atoms with Crippen molar-refractivity contribution in [3.63, 3.8) is 0 Å². The van der Waals surface area contributed by atoms with Gasteiger partial charge in [0.1, 0.15) is 5.82 Å². The van der Waals surface area contributed by atoms with Crippen LogP contribution >= 0.6 is 0 Å². The largest absolute Gasteiger partial charge is 0.376 e. The first-order valence-corrected chi connectivity index (χ1v) is 10.3. The maximum absolute atomic E-state index is 14.7. The van der Waals surface area contributed by atoms with Crippen LogP contribution in [0.1, 0.15) is 55.4 Å². The minimum atomic E-state index is -0.350. The zero-order valence-electron chi connectivity index (χ0n) is 18.6. The lowest BCUT2D eigenvalue weighted by Crippen LogP contribution is -2.45. The summed E-state index contributed by atoms with van der Waals surface area (Å²) in [5.41, 5.74) is 8.05. The van der Waals surface area contributed by atoms with Crippen LogP contribution in [0.4, 0.5) is 15.8 Å². The summed E-state index contributed by atoms with van der Waals surface area (Å²) in [5.74, 6) is -0.329. The maximum Gasteiger partial charge on any atom is 0.259 e. The number of halogens is 1. The van der Waals surface area contributed by atoms with E-state index in [0.717, 1.165) is 28.9 Å². The van der Waals surface area contributed by atoms with Crippen LogP contribution in [-0.4, -0.2) is 31.3 Å². The molecular formula is C24H31FN4O. The summed E-state index contributed by atoms with van der Waals surface area (Å²) in [5, 5.41) is 7.02. The van der Waals surface area contributed by atoms with Crippen LogP contribution in [0.15, 0.2) is 35.4 Å². The molecule has 1 aliphatic rings. The van der Waals surface area contributed by atoms with Gasteiger partial charge in [0.05, 0.1) is 12.8 Å². The van der Waals surface area contributed by atoms with Gasteiger partial charge >= 0.3 is 0 Å². The van der Waals surface area contributed by atoms with Gasteiger partial charge in [-0.2, -0.15) is 5.10 Å². The highest BCUT2D eigenvalue weighted by Gasteiger charge is 2.34. The van der Waals surface area contributed by atoms with Gasteiger partial charge in [0.2, 0.25) is 0 Å². The van der Waals surface area contributed by atoms with Crippen LogP contribution in [-0.2, 0) is 4.79 Å². The fourth-order valence-electron chi connectivity index (χ4n) is 3.95. The van der Waals surface area contributed by atoms with Crippen LogP contribution in [0.5, 0.6) is 0 Å². The van der Waals surface area contributed by atoms with E-state index in [4.69, 9.17) is 0 Å². The Morgan fingerprint density at radius 1 is 1.27 bits per heavy atom. The first kappa shape index (κ1) is 21.8. The van der Waals surface area contributed by atoms with Gasteiger partial charge in [-0.05, 0) is 81.0 Å². The summed E-state index contributed by atoms with van der Waals surface area (Å²) in [6.07, 6.45) is 2.36. The number of carbonyl (C=O) groups excluding carboxylic acids is 1. The average molecular weight is 411 g/mol. The van der Waals surface area contributed by atoms with Gasteiger partial charge in [0.15, 0.2) is 0 Å². The van der Waals surface area contributed by atoms with E-state index >= 15 is 0 Å². The molecule has 5 nitrogen and oxygen atoms in total. The van der Waals surface area contributed by atoms with Crippen molar-refractivity contribution in [1.29, 1.82) is 0 Å². The molecule has 0 saturated heterocycles. The zero-order valence-corrected chi connectivity index (χ0v) is 18.6. The Hall–Kier alpha value is -2.89. The molecule has 2 aromatic carbocycles. The average Bonchev–Trinajstić information content (AvgIpc) is 2.67. The molecule has 6 heteroatoms. The molecule has 2 aromatic rings. The van der Waals surface area contributed by atoms with Crippen LogP contribution < -0.4 is 15.6 Å². The van der Waals surface area contributed by atoms with Crippen molar-refractivity contribution in [2.45, 2.75) is 52.5 Å². The molecule has 160 valence electrons. The number of hydrazone groups is 1. The van der Waals surface area contributed by atoms with Crippen LogP contribution in [0, 0.1) is 19.7 Å². The summed E-state index contributed by atoms with van der Waals surface area (Å²) in [6, 6.07) is 9.34. The highest BCUT2D eigenvalue weighted by molar-refractivity contribution is 5.85. The SMILES string of the molecule is Cc1ccc(NCC(=O)N/N=C\c2cc3c(cc2F)N(C)C(C)(C)CC3C)cc1C. The number of hydrogen-bond donors (Lipinski definition) is 2. The van der Waals surface area contributed by atoms with Gasteiger partial charge in [-0.25, -0.2) is 9.82 Å². The van der Waals surface area contributed by atoms with Gasteiger partial charge in [-0.3, -0.25) is 4.79 Å². The molecule has 1 unspecified atom stereocenters. The number of nitrogens with zero attached hydrogens (tertiary/aromatic N) is 2. The third kappa shape index (κ3) is 4.64. The standard InChI is InChI=1S/C24H31FN4O/c1-15-7-8-19(9-16(15)2)26-14-23(30)28-27-13-18-10-20-17(3)12-24(4,5)29(6)22(20)11-21(18)25/h7-11,13,17,26H,12,14H2,1-6H3,(H,28,30)/b27-13-. The fraction of sp³-hybridized carbons (Fsp3) is 0.417. The Kier molecular flexibility index (Phi) is 6.15. The predicted octanol–water partition coefficient (Wildman–Crippen LogP) is 4.73. The smallest absolute Gasteiger partial charge is 0.259 e. The third-order valence-corrected chi connectivity index (χ3v) is 6.10. The summed E-state index contributed by atoms with van der Waals surface area (Å²) in [6.45, 7) is 10.6. The maximum atomic E-state index is 14.7. The van der Waals surface area contributed by atoms with E-state index in [9.17, 15) is 9.18 Å². The summed E-state index contributed by atoms with van der Waals surface area (Å²) >= 11 is 0. The van der Waals surface area contributed by atoms with E-state index in [1.165, 1.54) is 11.8 Å². The fourth-order valence-corrected chi connectivity index (χ4v) is 3.95. The van der Waals surface area contributed by atoms with Crippen molar-refractivity contribution < 1.29 is 9.18 Å². The van der Waals surface area contributed by atoms with Crippen LogP contribution in [0.3, 0.4) is 0 Å². The second-order valence-electron chi connectivity index (χ2n) is 8.85. The first-order valence-electron chi connectivity index (χ1n) is 10.3. The van der Waals surface area contributed by atoms with E-state index in [1.807, 2.05) is 45.2 Å². The molecule has 0 spiro atoms. The Morgan fingerprint density at radius 2 is 2.00 bits per heavy atom. The van der Waals surface area contributed by atoms with Crippen molar-refractivity contribution >= 4 is 23.5 Å². The Balaban J connectivity index is 1.64. The number of benzene rings is 2. The van der Waals surface area contributed by atoms with Crippen LogP contribution in [0.2, 0.25) is 0 Å². The van der Waals surface area contributed by atoms with Crippen molar-refractivity contribution in [1.82, 2.24) is 5.43 Å². The molecule has 0 fully saturated rings. The summed E-state index contributed by atoms with van der Waals surface area (Å²) in [7, 11) is 2.00. The third-order valence-electron chi connectivity index (χ3n) is 6.10. The highest BCUT2D eigenvalue weighted by Crippen LogP contribution is 2.43. The van der Waals surface area contributed by atoms with Gasteiger partial charge in [-0.15, -0.1) is 0 Å². The van der Waals surface area contributed by atoms with Gasteiger partial charge in [-0.1, -0.05) is 13.0 Å². The van der Waals surface area contributed by atoms with E-state index in [-0.39, 0.29) is 23.8 Å². The Bertz CT molecular complexity index is 983. The lowest BCUT2D eigenvalue weighted by atomic mass is 9.80. The molecular weight excluding hydrogens is 379 g/mol. The lowest BCUT2D eigenvalue weighted by Gasteiger charge is -2.45. The molecule has 0 aliphatic carbocycles. The molecule has 1 heterocycles. The van der Waals surface area contributed by atoms with Crippen LogP contribution in [0.25, 0.3) is 0 Å². The highest BCUT2D eigenvalue weighted by atomic mass is 19.1. The molecule has 0 radical (unpaired) electrons. The number of fused-ring (bicyclic) bond motifs is 1. The van der Waals surface area contributed by atoms with Crippen molar-refractivity contribution in [3.05, 3.63) is 58.4 Å². The quantitative estimate of drug-likeness (QED) is 0.554. The summed E-state index contributed by atoms with van der Waals surface area (Å²) < 4.78 is 14.7. The molecule has 2 N–H and O–H groups in total. The first-order chi connectivity index (χ1) is 14.1. The molecule has 0 aromatic heterocycles. The van der Waals surface area contributed by atoms with Gasteiger partial charge in [0.25, 0.3) is 5.91 Å². The van der Waals surface area contributed by atoms with E-state index in [2.05, 4.69) is 41.5 Å². The second kappa shape index (κ2) is 8.46. The Labute approximate surface area is 178 Å². The number of nitrogens with one attached hydrogen (secondary N) is 2. The zero-order chi connectivity index (χ0) is 22.1. The molecule has 1 amide bonds. The lowest BCUT2D eigenvalue weighted by molar-refractivity contribution is -0.119. The molecule has 0 saturated carbocycles. The molecule has 1 atom stereocenters. The van der Waals surface area contributed by atoms with E-state index in [0.29, 0.717) is 11.5 Å². The monoisotopic (exact) mass is 410 g/mol. The predicted molar refractivity (Wildman–Crippen MR) is 122 cm³/mol. The van der Waals surface area contributed by atoms with E-state index in [1.54, 1.807) is 6.07 Å². The molecule has 1 aliphatic heterocycles. The van der Waals surface area contributed by atoms with Crippen molar-refractivity contribution in [3.8, 4) is 0 Å². The molecule has 30 heavy (non-hydrogen) atoms. The molecule has 3 rings (SSSR count). The van der Waals surface area contributed by atoms with Crippen molar-refractivity contribution in [2.75, 3.05) is 23.8 Å².